The zero-order valence-electron chi connectivity index (χ0n) is 24.9. The average Bonchev–Trinajstić information content (AvgIpc) is 3.52. The quantitative estimate of drug-likeness (QED) is 0.315. The maximum Gasteiger partial charge on any atom is 0.264 e. The predicted molar refractivity (Wildman–Crippen MR) is 162 cm³/mol. The lowest BCUT2D eigenvalue weighted by Gasteiger charge is -2.32. The number of rotatable bonds is 12. The molecule has 0 aromatic heterocycles. The number of hydrogen-bond acceptors (Lipinski definition) is 6. The largest absolute Gasteiger partial charge is 0.493 e. The number of hydrogen-bond donors (Lipinski definition) is 1. The van der Waals surface area contributed by atoms with Crippen LogP contribution >= 0.6 is 0 Å². The number of anilines is 1. The van der Waals surface area contributed by atoms with E-state index < -0.39 is 34.3 Å². The number of halogens is 1. The number of nitrogens with zero attached hydrogens (tertiary/aromatic N) is 2. The average molecular weight is 612 g/mol. The van der Waals surface area contributed by atoms with Crippen LogP contribution in [0.15, 0.2) is 71.6 Å². The van der Waals surface area contributed by atoms with Crippen LogP contribution < -0.4 is 19.1 Å². The lowest BCUT2D eigenvalue weighted by atomic mass is 10.1. The second-order valence-corrected chi connectivity index (χ2v) is 12.5. The van der Waals surface area contributed by atoms with Crippen LogP contribution in [0, 0.1) is 12.7 Å². The number of carbonyl (C=O) groups excluding carboxylic acids is 2. The van der Waals surface area contributed by atoms with E-state index in [1.807, 2.05) is 6.92 Å². The first-order valence-corrected chi connectivity index (χ1v) is 15.6. The Morgan fingerprint density at radius 3 is 2.19 bits per heavy atom. The van der Waals surface area contributed by atoms with E-state index in [1.54, 1.807) is 25.1 Å². The van der Waals surface area contributed by atoms with E-state index in [4.69, 9.17) is 9.47 Å². The molecule has 3 aromatic carbocycles. The monoisotopic (exact) mass is 611 g/mol. The molecule has 1 saturated carbocycles. The molecule has 0 saturated heterocycles. The summed E-state index contributed by atoms with van der Waals surface area (Å²) >= 11 is 0. The standard InChI is InChI=1S/C32H38FN3O6S/c1-22-9-16-28(17-10-22)43(39,40)36(27-15-18-29(41-3)30(19-27)42-4)21-31(37)35(20-24-11-13-25(33)14-12-24)23(2)32(38)34-26-7-5-6-8-26/h9-19,23,26H,5-8,20-21H2,1-4H3,(H,34,38). The van der Waals surface area contributed by atoms with Gasteiger partial charge in [0.05, 0.1) is 24.8 Å². The zero-order chi connectivity index (χ0) is 31.1. The number of amides is 2. The fourth-order valence-electron chi connectivity index (χ4n) is 5.11. The minimum atomic E-state index is -4.25. The van der Waals surface area contributed by atoms with Gasteiger partial charge in [0.25, 0.3) is 10.0 Å². The third-order valence-corrected chi connectivity index (χ3v) is 9.47. The highest BCUT2D eigenvalue weighted by Crippen LogP contribution is 2.34. The van der Waals surface area contributed by atoms with Crippen LogP contribution in [0.3, 0.4) is 0 Å². The van der Waals surface area contributed by atoms with Crippen molar-refractivity contribution >= 4 is 27.5 Å². The number of ether oxygens (including phenoxy) is 2. The SMILES string of the molecule is COc1ccc(N(CC(=O)N(Cc2ccc(F)cc2)C(C)C(=O)NC2CCCC2)S(=O)(=O)c2ccc(C)cc2)cc1OC. The Bertz CT molecular complexity index is 1520. The second kappa shape index (κ2) is 13.9. The van der Waals surface area contributed by atoms with E-state index in [0.29, 0.717) is 11.3 Å². The molecule has 3 aromatic rings. The van der Waals surface area contributed by atoms with Gasteiger partial charge in [0.15, 0.2) is 11.5 Å². The smallest absolute Gasteiger partial charge is 0.264 e. The fraction of sp³-hybridized carbons (Fsp3) is 0.375. The van der Waals surface area contributed by atoms with Crippen molar-refractivity contribution in [2.75, 3.05) is 25.1 Å². The van der Waals surface area contributed by atoms with Gasteiger partial charge in [0, 0.05) is 18.7 Å². The van der Waals surface area contributed by atoms with Crippen LogP contribution in [0.25, 0.3) is 0 Å². The lowest BCUT2D eigenvalue weighted by molar-refractivity contribution is -0.139. The minimum absolute atomic E-state index is 0.00204. The Balaban J connectivity index is 1.72. The molecule has 1 fully saturated rings. The van der Waals surface area contributed by atoms with Crippen molar-refractivity contribution in [2.24, 2.45) is 0 Å². The van der Waals surface area contributed by atoms with Gasteiger partial charge in [-0.25, -0.2) is 12.8 Å². The normalized spacial score (nSPS) is 14.2. The maximum atomic E-state index is 14.1. The first-order valence-electron chi connectivity index (χ1n) is 14.2. The molecule has 43 heavy (non-hydrogen) atoms. The third kappa shape index (κ3) is 7.64. The number of methoxy groups -OCH3 is 2. The first-order chi connectivity index (χ1) is 20.5. The van der Waals surface area contributed by atoms with Gasteiger partial charge in [0.1, 0.15) is 18.4 Å². The van der Waals surface area contributed by atoms with Crippen molar-refractivity contribution in [3.63, 3.8) is 0 Å². The molecular weight excluding hydrogens is 573 g/mol. The number of sulfonamides is 1. The van der Waals surface area contributed by atoms with Gasteiger partial charge in [-0.1, -0.05) is 42.7 Å². The van der Waals surface area contributed by atoms with Crippen LogP contribution in [0.4, 0.5) is 10.1 Å². The molecule has 230 valence electrons. The Labute approximate surface area is 252 Å². The van der Waals surface area contributed by atoms with Gasteiger partial charge >= 0.3 is 0 Å². The van der Waals surface area contributed by atoms with Crippen molar-refractivity contribution in [3.05, 3.63) is 83.7 Å². The van der Waals surface area contributed by atoms with Gasteiger partial charge in [-0.3, -0.25) is 13.9 Å². The predicted octanol–water partition coefficient (Wildman–Crippen LogP) is 4.82. The van der Waals surface area contributed by atoms with Crippen LogP contribution in [-0.4, -0.2) is 58.0 Å². The zero-order valence-corrected chi connectivity index (χ0v) is 25.7. The Hall–Kier alpha value is -4.12. The minimum Gasteiger partial charge on any atom is -0.493 e. The Kier molecular flexibility index (Phi) is 10.3. The van der Waals surface area contributed by atoms with E-state index in [2.05, 4.69) is 5.32 Å². The molecule has 11 heteroatoms. The molecule has 0 bridgehead atoms. The molecule has 0 heterocycles. The summed E-state index contributed by atoms with van der Waals surface area (Å²) in [7, 11) is -1.35. The van der Waals surface area contributed by atoms with Crippen LogP contribution in [0.1, 0.15) is 43.7 Å². The van der Waals surface area contributed by atoms with E-state index in [-0.39, 0.29) is 34.8 Å². The van der Waals surface area contributed by atoms with Crippen molar-refractivity contribution in [3.8, 4) is 11.5 Å². The number of benzene rings is 3. The molecule has 2 amide bonds. The summed E-state index contributed by atoms with van der Waals surface area (Å²) < 4.78 is 53.5. The van der Waals surface area contributed by atoms with E-state index in [9.17, 15) is 22.4 Å². The topological polar surface area (TPSA) is 105 Å². The number of nitrogens with one attached hydrogen (secondary N) is 1. The summed E-state index contributed by atoms with van der Waals surface area (Å²) in [5, 5.41) is 3.03. The van der Waals surface area contributed by atoms with E-state index in [1.165, 1.54) is 67.7 Å². The molecule has 1 aliphatic rings. The van der Waals surface area contributed by atoms with Gasteiger partial charge in [0.2, 0.25) is 11.8 Å². The van der Waals surface area contributed by atoms with Crippen LogP contribution in [0.2, 0.25) is 0 Å². The summed E-state index contributed by atoms with van der Waals surface area (Å²) in [6.45, 7) is 2.83. The molecule has 1 aliphatic carbocycles. The van der Waals surface area contributed by atoms with Gasteiger partial charge in [-0.15, -0.1) is 0 Å². The summed E-state index contributed by atoms with van der Waals surface area (Å²) in [5.41, 5.74) is 1.64. The van der Waals surface area contributed by atoms with Crippen molar-refractivity contribution < 1.29 is 31.9 Å². The highest BCUT2D eigenvalue weighted by atomic mass is 32.2. The summed E-state index contributed by atoms with van der Waals surface area (Å²) in [5.74, 6) is -0.702. The molecule has 0 radical (unpaired) electrons. The van der Waals surface area contributed by atoms with E-state index in [0.717, 1.165) is 35.6 Å². The summed E-state index contributed by atoms with van der Waals surface area (Å²) in [6.07, 6.45) is 3.78. The molecule has 1 unspecified atom stereocenters. The Morgan fingerprint density at radius 2 is 1.58 bits per heavy atom. The lowest BCUT2D eigenvalue weighted by Crippen LogP contribution is -2.52. The van der Waals surface area contributed by atoms with Crippen LogP contribution in [0.5, 0.6) is 11.5 Å². The highest BCUT2D eigenvalue weighted by Gasteiger charge is 2.33. The van der Waals surface area contributed by atoms with Gasteiger partial charge in [-0.2, -0.15) is 0 Å². The molecule has 1 N–H and O–H groups in total. The summed E-state index contributed by atoms with van der Waals surface area (Å²) in [4.78, 5) is 28.8. The first kappa shape index (κ1) is 31.8. The van der Waals surface area contributed by atoms with Crippen LogP contribution in [-0.2, 0) is 26.2 Å². The number of aryl methyl sites for hydroxylation is 1. The molecule has 0 spiro atoms. The van der Waals surface area contributed by atoms with Crippen molar-refractivity contribution in [1.82, 2.24) is 10.2 Å². The fourth-order valence-corrected chi connectivity index (χ4v) is 6.51. The summed E-state index contributed by atoms with van der Waals surface area (Å²) in [6, 6.07) is 15.6. The molecular formula is C32H38FN3O6S. The van der Waals surface area contributed by atoms with Gasteiger partial charge in [-0.05, 0) is 68.7 Å². The van der Waals surface area contributed by atoms with Gasteiger partial charge < -0.3 is 19.7 Å². The highest BCUT2D eigenvalue weighted by molar-refractivity contribution is 7.92. The van der Waals surface area contributed by atoms with Crippen molar-refractivity contribution in [1.29, 1.82) is 0 Å². The number of carbonyl (C=O) groups is 2. The maximum absolute atomic E-state index is 14.1. The Morgan fingerprint density at radius 1 is 0.953 bits per heavy atom. The molecule has 1 atom stereocenters. The van der Waals surface area contributed by atoms with E-state index >= 15 is 0 Å². The molecule has 0 aliphatic heterocycles. The second-order valence-electron chi connectivity index (χ2n) is 10.7. The van der Waals surface area contributed by atoms with Crippen molar-refractivity contribution in [2.45, 2.75) is 63.1 Å². The third-order valence-electron chi connectivity index (χ3n) is 7.68. The molecule has 9 nitrogen and oxygen atoms in total. The molecule has 4 rings (SSSR count).